The summed E-state index contributed by atoms with van der Waals surface area (Å²) in [5.74, 6) is 0.857. The highest BCUT2D eigenvalue weighted by atomic mass is 16.5. The zero-order valence-corrected chi connectivity index (χ0v) is 7.68. The first-order chi connectivity index (χ1) is 6.22. The second-order valence-electron chi connectivity index (χ2n) is 3.16. The Balaban J connectivity index is 2.56. The van der Waals surface area contributed by atoms with Crippen molar-refractivity contribution < 1.29 is 9.53 Å². The van der Waals surface area contributed by atoms with Gasteiger partial charge in [-0.2, -0.15) is 0 Å². The summed E-state index contributed by atoms with van der Waals surface area (Å²) in [5, 5.41) is 2.77. The summed E-state index contributed by atoms with van der Waals surface area (Å²) in [6, 6.07) is 3.79. The van der Waals surface area contributed by atoms with E-state index in [1.54, 1.807) is 7.11 Å². The molecule has 1 aromatic carbocycles. The Morgan fingerprint density at radius 3 is 2.92 bits per heavy atom. The van der Waals surface area contributed by atoms with Gasteiger partial charge in [0.1, 0.15) is 5.75 Å². The van der Waals surface area contributed by atoms with Gasteiger partial charge in [-0.1, -0.05) is 0 Å². The first-order valence-corrected chi connectivity index (χ1v) is 4.18. The molecule has 0 atom stereocenters. The van der Waals surface area contributed by atoms with Gasteiger partial charge in [0.25, 0.3) is 5.91 Å². The minimum atomic E-state index is 0.0146. The lowest BCUT2D eigenvalue weighted by atomic mass is 10.1. The Kier molecular flexibility index (Phi) is 1.72. The molecule has 13 heavy (non-hydrogen) atoms. The third-order valence-corrected chi connectivity index (χ3v) is 2.30. The molecule has 0 radical (unpaired) electrons. The SMILES string of the molecule is COc1cc2c(cc1C)C(=O)NC2. The van der Waals surface area contributed by atoms with Crippen molar-refractivity contribution >= 4 is 5.91 Å². The topological polar surface area (TPSA) is 38.3 Å². The van der Waals surface area contributed by atoms with Crippen molar-refractivity contribution in [3.63, 3.8) is 0 Å². The van der Waals surface area contributed by atoms with E-state index >= 15 is 0 Å². The zero-order valence-electron chi connectivity index (χ0n) is 7.68. The minimum absolute atomic E-state index is 0.0146. The maximum absolute atomic E-state index is 11.3. The van der Waals surface area contributed by atoms with Crippen LogP contribution in [0.1, 0.15) is 21.5 Å². The summed E-state index contributed by atoms with van der Waals surface area (Å²) < 4.78 is 5.17. The Bertz CT molecular complexity index is 371. The van der Waals surface area contributed by atoms with Crippen LogP contribution in [0.15, 0.2) is 12.1 Å². The number of carbonyl (C=O) groups excluding carboxylic acids is 1. The first-order valence-electron chi connectivity index (χ1n) is 4.18. The molecule has 3 heteroatoms. The molecular weight excluding hydrogens is 166 g/mol. The van der Waals surface area contributed by atoms with Gasteiger partial charge >= 0.3 is 0 Å². The number of methoxy groups -OCH3 is 1. The third-order valence-electron chi connectivity index (χ3n) is 2.30. The lowest BCUT2D eigenvalue weighted by Crippen LogP contribution is -2.12. The number of benzene rings is 1. The number of nitrogens with one attached hydrogen (secondary N) is 1. The van der Waals surface area contributed by atoms with Gasteiger partial charge in [-0.25, -0.2) is 0 Å². The molecule has 0 saturated heterocycles. The lowest BCUT2D eigenvalue weighted by molar-refractivity contribution is 0.0965. The molecule has 1 heterocycles. The van der Waals surface area contributed by atoms with E-state index in [-0.39, 0.29) is 5.91 Å². The van der Waals surface area contributed by atoms with E-state index in [4.69, 9.17) is 4.74 Å². The van der Waals surface area contributed by atoms with Crippen molar-refractivity contribution in [1.29, 1.82) is 0 Å². The summed E-state index contributed by atoms with van der Waals surface area (Å²) in [4.78, 5) is 11.3. The predicted octanol–water partition coefficient (Wildman–Crippen LogP) is 1.25. The number of fused-ring (bicyclic) bond motifs is 1. The monoisotopic (exact) mass is 177 g/mol. The number of amides is 1. The molecule has 0 aromatic heterocycles. The van der Waals surface area contributed by atoms with E-state index in [0.29, 0.717) is 6.54 Å². The van der Waals surface area contributed by atoms with Crippen LogP contribution in [0.5, 0.6) is 5.75 Å². The van der Waals surface area contributed by atoms with Gasteiger partial charge in [0.05, 0.1) is 7.11 Å². The Hall–Kier alpha value is -1.51. The maximum atomic E-state index is 11.3. The standard InChI is InChI=1S/C10H11NO2/c1-6-3-8-7(4-9(6)13-2)5-11-10(8)12/h3-4H,5H2,1-2H3,(H,11,12). The van der Waals surface area contributed by atoms with Gasteiger partial charge in [0.2, 0.25) is 0 Å². The zero-order chi connectivity index (χ0) is 9.42. The van der Waals surface area contributed by atoms with Gasteiger partial charge in [-0.3, -0.25) is 4.79 Å². The van der Waals surface area contributed by atoms with Crippen LogP contribution >= 0.6 is 0 Å². The molecule has 0 unspecified atom stereocenters. The fourth-order valence-electron chi connectivity index (χ4n) is 1.58. The van der Waals surface area contributed by atoms with Gasteiger partial charge < -0.3 is 10.1 Å². The van der Waals surface area contributed by atoms with Crippen LogP contribution in [0.2, 0.25) is 0 Å². The summed E-state index contributed by atoms with van der Waals surface area (Å²) in [6.45, 7) is 2.55. The van der Waals surface area contributed by atoms with Crippen molar-refractivity contribution in [3.8, 4) is 5.75 Å². The van der Waals surface area contributed by atoms with Crippen molar-refractivity contribution in [3.05, 3.63) is 28.8 Å². The predicted molar refractivity (Wildman–Crippen MR) is 48.9 cm³/mol. The van der Waals surface area contributed by atoms with Gasteiger partial charge in [0.15, 0.2) is 0 Å². The molecule has 0 saturated carbocycles. The highest BCUT2D eigenvalue weighted by Crippen LogP contribution is 2.25. The van der Waals surface area contributed by atoms with Crippen molar-refractivity contribution in [1.82, 2.24) is 5.32 Å². The fourth-order valence-corrected chi connectivity index (χ4v) is 1.58. The quantitative estimate of drug-likeness (QED) is 0.701. The van der Waals surface area contributed by atoms with Crippen LogP contribution < -0.4 is 10.1 Å². The number of ether oxygens (including phenoxy) is 1. The van der Waals surface area contributed by atoms with Crippen LogP contribution in [-0.4, -0.2) is 13.0 Å². The molecule has 1 amide bonds. The molecule has 1 aliphatic rings. The smallest absolute Gasteiger partial charge is 0.251 e. The average molecular weight is 177 g/mol. The molecule has 1 N–H and O–H groups in total. The Labute approximate surface area is 76.7 Å². The minimum Gasteiger partial charge on any atom is -0.496 e. The second-order valence-corrected chi connectivity index (χ2v) is 3.16. The summed E-state index contributed by atoms with van der Waals surface area (Å²) in [7, 11) is 1.64. The molecule has 1 aromatic rings. The van der Waals surface area contributed by atoms with Gasteiger partial charge in [0, 0.05) is 12.1 Å². The first kappa shape index (κ1) is 8.10. The third kappa shape index (κ3) is 1.16. The van der Waals surface area contributed by atoms with E-state index < -0.39 is 0 Å². The molecule has 0 aliphatic carbocycles. The van der Waals surface area contributed by atoms with Crippen LogP contribution in [0.25, 0.3) is 0 Å². The van der Waals surface area contributed by atoms with Crippen molar-refractivity contribution in [2.45, 2.75) is 13.5 Å². The van der Waals surface area contributed by atoms with Crippen LogP contribution in [0, 0.1) is 6.92 Å². The van der Waals surface area contributed by atoms with Crippen molar-refractivity contribution in [2.24, 2.45) is 0 Å². The Morgan fingerprint density at radius 2 is 2.23 bits per heavy atom. The normalized spacial score (nSPS) is 13.8. The number of aryl methyl sites for hydroxylation is 1. The molecule has 0 spiro atoms. The number of carbonyl (C=O) groups is 1. The maximum Gasteiger partial charge on any atom is 0.251 e. The fraction of sp³-hybridized carbons (Fsp3) is 0.300. The van der Waals surface area contributed by atoms with Crippen molar-refractivity contribution in [2.75, 3.05) is 7.11 Å². The van der Waals surface area contributed by atoms with Gasteiger partial charge in [-0.15, -0.1) is 0 Å². The summed E-state index contributed by atoms with van der Waals surface area (Å²) >= 11 is 0. The number of hydrogen-bond donors (Lipinski definition) is 1. The Morgan fingerprint density at radius 1 is 1.46 bits per heavy atom. The molecule has 0 fully saturated rings. The second kappa shape index (κ2) is 2.76. The van der Waals surface area contributed by atoms with E-state index in [9.17, 15) is 4.79 Å². The molecule has 1 aliphatic heterocycles. The van der Waals surface area contributed by atoms with E-state index in [0.717, 1.165) is 22.4 Å². The van der Waals surface area contributed by atoms with Crippen LogP contribution in [0.3, 0.4) is 0 Å². The van der Waals surface area contributed by atoms with Gasteiger partial charge in [-0.05, 0) is 30.2 Å². The molecule has 2 rings (SSSR count). The summed E-state index contributed by atoms with van der Waals surface area (Å²) in [5.41, 5.74) is 2.80. The van der Waals surface area contributed by atoms with E-state index in [1.807, 2.05) is 19.1 Å². The molecular formula is C10H11NO2. The van der Waals surface area contributed by atoms with Crippen LogP contribution in [-0.2, 0) is 6.54 Å². The average Bonchev–Trinajstić information content (AvgIpc) is 2.47. The molecule has 68 valence electrons. The largest absolute Gasteiger partial charge is 0.496 e. The highest BCUT2D eigenvalue weighted by Gasteiger charge is 2.19. The lowest BCUT2D eigenvalue weighted by Gasteiger charge is -2.05. The number of rotatable bonds is 1. The van der Waals surface area contributed by atoms with E-state index in [1.165, 1.54) is 0 Å². The van der Waals surface area contributed by atoms with E-state index in [2.05, 4.69) is 5.32 Å². The highest BCUT2D eigenvalue weighted by molar-refractivity contribution is 5.98. The van der Waals surface area contributed by atoms with Crippen LogP contribution in [0.4, 0.5) is 0 Å². The number of hydrogen-bond acceptors (Lipinski definition) is 2. The molecule has 3 nitrogen and oxygen atoms in total. The summed E-state index contributed by atoms with van der Waals surface area (Å²) in [6.07, 6.45) is 0. The molecule has 0 bridgehead atoms.